The largest absolute Gasteiger partial charge is 0.368 e. The fraction of sp³-hybridized carbons (Fsp3) is 0.278. The Morgan fingerprint density at radius 3 is 2.42 bits per heavy atom. The Morgan fingerprint density at radius 1 is 1.19 bits per heavy atom. The first-order chi connectivity index (χ1) is 12.3. The monoisotopic (exact) mass is 379 g/mol. The van der Waals surface area contributed by atoms with Crippen LogP contribution in [0.4, 0.5) is 8.78 Å². The van der Waals surface area contributed by atoms with E-state index in [-0.39, 0.29) is 18.4 Å². The highest BCUT2D eigenvalue weighted by Gasteiger charge is 2.53. The molecule has 2 aromatic rings. The Morgan fingerprint density at radius 2 is 1.85 bits per heavy atom. The van der Waals surface area contributed by atoms with Crippen LogP contribution in [-0.2, 0) is 4.79 Å². The molecule has 3 rings (SSSR count). The third-order valence-electron chi connectivity index (χ3n) is 4.58. The fourth-order valence-electron chi connectivity index (χ4n) is 3.03. The molecule has 0 radical (unpaired) electrons. The topological polar surface area (TPSA) is 85.1 Å². The number of hydrogen-bond donors (Lipinski definition) is 2. The quantitative estimate of drug-likeness (QED) is 0.837. The second kappa shape index (κ2) is 6.99. The van der Waals surface area contributed by atoms with Crippen molar-refractivity contribution >= 4 is 23.4 Å². The number of nitrogens with one attached hydrogen (secondary N) is 1. The molecule has 5 nitrogen and oxygen atoms in total. The molecule has 1 saturated carbocycles. The zero-order valence-corrected chi connectivity index (χ0v) is 14.3. The second-order valence-electron chi connectivity index (χ2n) is 6.37. The summed E-state index contributed by atoms with van der Waals surface area (Å²) in [5.74, 6) is -2.34. The molecular weight excluding hydrogens is 364 g/mol. The van der Waals surface area contributed by atoms with E-state index in [1.165, 1.54) is 6.20 Å². The zero-order valence-electron chi connectivity index (χ0n) is 13.6. The van der Waals surface area contributed by atoms with Gasteiger partial charge in [-0.3, -0.25) is 14.6 Å². The van der Waals surface area contributed by atoms with E-state index in [4.69, 9.17) is 17.3 Å². The molecule has 1 aliphatic rings. The highest BCUT2D eigenvalue weighted by atomic mass is 35.5. The molecule has 1 heterocycles. The van der Waals surface area contributed by atoms with Crippen LogP contribution in [0.1, 0.15) is 23.2 Å². The number of halogens is 3. The van der Waals surface area contributed by atoms with Gasteiger partial charge in [0.1, 0.15) is 5.54 Å². The standard InChI is InChI=1S/C18H16ClF2N3O2/c19-14-3-1-10(2-4-14)11-5-12(9-23-8-11)16(25)24-18(17(22)26)6-13(7-18)15(20)21/h1-5,8-9,13,15H,6-7H2,(H2,22,26)(H,24,25). The Balaban J connectivity index is 1.79. The van der Waals surface area contributed by atoms with E-state index in [0.717, 1.165) is 5.56 Å². The number of rotatable bonds is 5. The summed E-state index contributed by atoms with van der Waals surface area (Å²) in [6.07, 6.45) is 0.0352. The zero-order chi connectivity index (χ0) is 18.9. The summed E-state index contributed by atoms with van der Waals surface area (Å²) in [4.78, 5) is 28.2. The second-order valence-corrected chi connectivity index (χ2v) is 6.81. The van der Waals surface area contributed by atoms with Crippen LogP contribution in [0.3, 0.4) is 0 Å². The summed E-state index contributed by atoms with van der Waals surface area (Å²) < 4.78 is 25.5. The number of amides is 2. The van der Waals surface area contributed by atoms with Crippen LogP contribution in [-0.4, -0.2) is 28.8 Å². The van der Waals surface area contributed by atoms with Crippen LogP contribution in [0.25, 0.3) is 11.1 Å². The van der Waals surface area contributed by atoms with Crippen molar-refractivity contribution in [3.8, 4) is 11.1 Å². The van der Waals surface area contributed by atoms with Gasteiger partial charge in [0.05, 0.1) is 5.56 Å². The van der Waals surface area contributed by atoms with Crippen molar-refractivity contribution in [2.45, 2.75) is 24.8 Å². The predicted molar refractivity (Wildman–Crippen MR) is 92.8 cm³/mol. The van der Waals surface area contributed by atoms with E-state index in [1.807, 2.05) is 0 Å². The number of primary amides is 1. The average Bonchev–Trinajstić information content (AvgIpc) is 2.57. The van der Waals surface area contributed by atoms with Crippen LogP contribution in [0.2, 0.25) is 5.02 Å². The number of pyridine rings is 1. The van der Waals surface area contributed by atoms with Gasteiger partial charge in [-0.1, -0.05) is 23.7 Å². The van der Waals surface area contributed by atoms with Crippen molar-refractivity contribution < 1.29 is 18.4 Å². The molecule has 8 heteroatoms. The van der Waals surface area contributed by atoms with Crippen molar-refractivity contribution in [2.24, 2.45) is 11.7 Å². The average molecular weight is 380 g/mol. The Bertz CT molecular complexity index is 837. The minimum Gasteiger partial charge on any atom is -0.368 e. The normalized spacial score (nSPS) is 21.9. The maximum absolute atomic E-state index is 12.7. The Hall–Kier alpha value is -2.54. The number of benzene rings is 1. The molecule has 3 N–H and O–H groups in total. The van der Waals surface area contributed by atoms with E-state index in [1.54, 1.807) is 36.5 Å². The molecule has 1 aromatic heterocycles. The molecule has 0 aliphatic heterocycles. The Kier molecular flexibility index (Phi) is 4.91. The highest BCUT2D eigenvalue weighted by Crippen LogP contribution is 2.41. The Labute approximate surface area is 153 Å². The van der Waals surface area contributed by atoms with Crippen molar-refractivity contribution in [3.63, 3.8) is 0 Å². The van der Waals surface area contributed by atoms with E-state index in [2.05, 4.69) is 10.3 Å². The molecule has 0 atom stereocenters. The lowest BCUT2D eigenvalue weighted by Gasteiger charge is -2.45. The molecule has 1 aliphatic carbocycles. The number of aromatic nitrogens is 1. The van der Waals surface area contributed by atoms with Gasteiger partial charge in [-0.25, -0.2) is 8.78 Å². The van der Waals surface area contributed by atoms with E-state index in [9.17, 15) is 18.4 Å². The molecule has 136 valence electrons. The fourth-order valence-corrected chi connectivity index (χ4v) is 3.16. The number of alkyl halides is 2. The van der Waals surface area contributed by atoms with Gasteiger partial charge in [-0.2, -0.15) is 0 Å². The van der Waals surface area contributed by atoms with Crippen molar-refractivity contribution in [1.29, 1.82) is 0 Å². The van der Waals surface area contributed by atoms with Gasteiger partial charge >= 0.3 is 0 Å². The first-order valence-corrected chi connectivity index (χ1v) is 8.30. The number of nitrogens with two attached hydrogens (primary N) is 1. The molecule has 0 spiro atoms. The molecule has 26 heavy (non-hydrogen) atoms. The van der Waals surface area contributed by atoms with E-state index < -0.39 is 29.7 Å². The van der Waals surface area contributed by atoms with E-state index >= 15 is 0 Å². The number of hydrogen-bond acceptors (Lipinski definition) is 3. The van der Waals surface area contributed by atoms with Gasteiger partial charge in [0, 0.05) is 28.9 Å². The molecular formula is C18H16ClF2N3O2. The third-order valence-corrected chi connectivity index (χ3v) is 4.83. The van der Waals surface area contributed by atoms with Gasteiger partial charge in [0.2, 0.25) is 12.3 Å². The van der Waals surface area contributed by atoms with Gasteiger partial charge < -0.3 is 11.1 Å². The van der Waals surface area contributed by atoms with Crippen LogP contribution in [0.15, 0.2) is 42.7 Å². The van der Waals surface area contributed by atoms with Crippen LogP contribution < -0.4 is 11.1 Å². The summed E-state index contributed by atoms with van der Waals surface area (Å²) in [6, 6.07) is 8.59. The molecule has 0 unspecified atom stereocenters. The first-order valence-electron chi connectivity index (χ1n) is 7.92. The first kappa shape index (κ1) is 18.3. The maximum atomic E-state index is 12.7. The highest BCUT2D eigenvalue weighted by molar-refractivity contribution is 6.30. The number of nitrogens with zero attached hydrogens (tertiary/aromatic N) is 1. The van der Waals surface area contributed by atoms with Crippen molar-refractivity contribution in [2.75, 3.05) is 0 Å². The van der Waals surface area contributed by atoms with Crippen molar-refractivity contribution in [3.05, 3.63) is 53.3 Å². The smallest absolute Gasteiger partial charge is 0.253 e. The van der Waals surface area contributed by atoms with Gasteiger partial charge in [-0.05, 0) is 36.6 Å². The minimum absolute atomic E-state index is 0.171. The maximum Gasteiger partial charge on any atom is 0.253 e. The van der Waals surface area contributed by atoms with Crippen LogP contribution in [0, 0.1) is 5.92 Å². The van der Waals surface area contributed by atoms with Crippen LogP contribution >= 0.6 is 11.6 Å². The van der Waals surface area contributed by atoms with Gasteiger partial charge in [-0.15, -0.1) is 0 Å². The molecule has 1 fully saturated rings. The molecule has 2 amide bonds. The third kappa shape index (κ3) is 3.53. The van der Waals surface area contributed by atoms with E-state index in [0.29, 0.717) is 10.6 Å². The lowest BCUT2D eigenvalue weighted by molar-refractivity contribution is -0.133. The predicted octanol–water partition coefficient (Wildman–Crippen LogP) is 3.03. The lowest BCUT2D eigenvalue weighted by Crippen LogP contribution is -2.65. The summed E-state index contributed by atoms with van der Waals surface area (Å²) in [5, 5.41) is 3.09. The van der Waals surface area contributed by atoms with Gasteiger partial charge in [0.25, 0.3) is 5.91 Å². The summed E-state index contributed by atoms with van der Waals surface area (Å²) in [7, 11) is 0. The SMILES string of the molecule is NC(=O)C1(NC(=O)c2cncc(-c3ccc(Cl)cc3)c2)CC(C(F)F)C1. The van der Waals surface area contributed by atoms with Crippen molar-refractivity contribution in [1.82, 2.24) is 10.3 Å². The van der Waals surface area contributed by atoms with Crippen LogP contribution in [0.5, 0.6) is 0 Å². The minimum atomic E-state index is -2.55. The lowest BCUT2D eigenvalue weighted by atomic mass is 9.67. The summed E-state index contributed by atoms with van der Waals surface area (Å²) in [5.41, 5.74) is 5.59. The number of carbonyl (C=O) groups excluding carboxylic acids is 2. The summed E-state index contributed by atoms with van der Waals surface area (Å²) >= 11 is 5.86. The molecule has 0 bridgehead atoms. The molecule has 0 saturated heterocycles. The number of carbonyl (C=O) groups is 2. The summed E-state index contributed by atoms with van der Waals surface area (Å²) in [6.45, 7) is 0. The molecule has 1 aromatic carbocycles. The van der Waals surface area contributed by atoms with Gasteiger partial charge in [0.15, 0.2) is 0 Å².